The third-order valence-electron chi connectivity index (χ3n) is 5.43. The summed E-state index contributed by atoms with van der Waals surface area (Å²) in [6.07, 6.45) is -2.27. The average molecular weight is 532 g/mol. The van der Waals surface area contributed by atoms with Crippen molar-refractivity contribution in [3.8, 4) is 11.8 Å². The fourth-order valence-electron chi connectivity index (χ4n) is 3.83. The highest BCUT2D eigenvalue weighted by molar-refractivity contribution is 6.30. The number of benzene rings is 1. The molecule has 0 unspecified atom stereocenters. The van der Waals surface area contributed by atoms with Crippen molar-refractivity contribution < 1.29 is 36.3 Å². The molecule has 14 heteroatoms. The van der Waals surface area contributed by atoms with E-state index in [1.165, 1.54) is 18.7 Å². The number of anilines is 1. The number of halogens is 6. The maximum Gasteiger partial charge on any atom is 0.573 e. The maximum absolute atomic E-state index is 13.6. The van der Waals surface area contributed by atoms with Crippen molar-refractivity contribution in [2.75, 3.05) is 10.8 Å². The number of hydrogen-bond acceptors (Lipinski definition) is 6. The molecule has 1 aliphatic carbocycles. The largest absolute Gasteiger partial charge is 0.573 e. The topological polar surface area (TPSA) is 108 Å². The summed E-state index contributed by atoms with van der Waals surface area (Å²) in [5, 5.41) is 12.2. The highest BCUT2D eigenvalue weighted by atomic mass is 35.5. The lowest BCUT2D eigenvalue weighted by Crippen LogP contribution is -2.49. The normalized spacial score (nSPS) is 16.5. The highest BCUT2D eigenvalue weighted by Gasteiger charge is 2.39. The van der Waals surface area contributed by atoms with Gasteiger partial charge < -0.3 is 10.1 Å². The van der Waals surface area contributed by atoms with Crippen LogP contribution in [0.25, 0.3) is 0 Å². The molecule has 1 saturated carbocycles. The molecule has 192 valence electrons. The van der Waals surface area contributed by atoms with Gasteiger partial charge in [0.2, 0.25) is 17.7 Å². The SMILES string of the molecule is N#Cc1cc(OC(F)(F)F)ccc1N(C(=O)CCl)[C@@H](C(=O)NC1CCC(F)(F)CC1)c1cncnc1. The van der Waals surface area contributed by atoms with Crippen LogP contribution in [0.5, 0.6) is 5.75 Å². The third kappa shape index (κ3) is 6.78. The molecule has 36 heavy (non-hydrogen) atoms. The van der Waals surface area contributed by atoms with Crippen LogP contribution in [0.2, 0.25) is 0 Å². The van der Waals surface area contributed by atoms with Crippen LogP contribution in [0.15, 0.2) is 36.9 Å². The van der Waals surface area contributed by atoms with Crippen LogP contribution in [0.3, 0.4) is 0 Å². The molecule has 1 aromatic carbocycles. The van der Waals surface area contributed by atoms with Crippen molar-refractivity contribution in [2.45, 2.75) is 50.1 Å². The van der Waals surface area contributed by atoms with Gasteiger partial charge in [-0.1, -0.05) is 0 Å². The van der Waals surface area contributed by atoms with Crippen molar-refractivity contribution in [2.24, 2.45) is 0 Å². The molecule has 0 saturated heterocycles. The lowest BCUT2D eigenvalue weighted by atomic mass is 9.92. The summed E-state index contributed by atoms with van der Waals surface area (Å²) in [5.41, 5.74) is -0.548. The molecule has 0 aliphatic heterocycles. The summed E-state index contributed by atoms with van der Waals surface area (Å²) in [4.78, 5) is 34.9. The summed E-state index contributed by atoms with van der Waals surface area (Å²) in [7, 11) is 0. The summed E-state index contributed by atoms with van der Waals surface area (Å²) in [6.45, 7) is 0. The average Bonchev–Trinajstić information content (AvgIpc) is 2.83. The molecule has 0 radical (unpaired) electrons. The number of alkyl halides is 6. The number of hydrogen-bond donors (Lipinski definition) is 1. The summed E-state index contributed by atoms with van der Waals surface area (Å²) >= 11 is 5.78. The van der Waals surface area contributed by atoms with Crippen molar-refractivity contribution in [3.63, 3.8) is 0 Å². The molecule has 1 fully saturated rings. The minimum atomic E-state index is -5.03. The first-order chi connectivity index (χ1) is 16.9. The fraction of sp³-hybridized carbons (Fsp3) is 0.409. The van der Waals surface area contributed by atoms with Gasteiger partial charge in [-0.25, -0.2) is 18.7 Å². The summed E-state index contributed by atoms with van der Waals surface area (Å²) < 4.78 is 68.9. The summed E-state index contributed by atoms with van der Waals surface area (Å²) in [5.74, 6) is -5.86. The predicted molar refractivity (Wildman–Crippen MR) is 116 cm³/mol. The molecule has 2 aromatic rings. The van der Waals surface area contributed by atoms with E-state index >= 15 is 0 Å². The number of carbonyl (C=O) groups excluding carboxylic acids is 2. The Labute approximate surface area is 207 Å². The Morgan fingerprint density at radius 3 is 2.44 bits per heavy atom. The smallest absolute Gasteiger partial charge is 0.406 e. The Hall–Kier alpha value is -3.53. The second-order valence-corrected chi connectivity index (χ2v) is 8.22. The Balaban J connectivity index is 2.03. The molecule has 0 bridgehead atoms. The fourth-order valence-corrected chi connectivity index (χ4v) is 3.96. The number of nitriles is 1. The van der Waals surface area contributed by atoms with E-state index in [2.05, 4.69) is 20.0 Å². The molecular formula is C22H19ClF5N5O3. The predicted octanol–water partition coefficient (Wildman–Crippen LogP) is 4.25. The number of amides is 2. The second kappa shape index (κ2) is 11.0. The molecule has 1 aliphatic rings. The highest BCUT2D eigenvalue weighted by Crippen LogP contribution is 2.36. The second-order valence-electron chi connectivity index (χ2n) is 7.95. The molecule has 1 atom stereocenters. The first-order valence-electron chi connectivity index (χ1n) is 10.5. The molecule has 0 spiro atoms. The van der Waals surface area contributed by atoms with Crippen molar-refractivity contribution >= 4 is 29.1 Å². The molecule has 1 heterocycles. The lowest BCUT2D eigenvalue weighted by molar-refractivity contribution is -0.274. The number of ether oxygens (including phenoxy) is 1. The van der Waals surface area contributed by atoms with Crippen LogP contribution in [0.1, 0.15) is 42.9 Å². The number of aromatic nitrogens is 2. The third-order valence-corrected chi connectivity index (χ3v) is 5.66. The van der Waals surface area contributed by atoms with Gasteiger partial charge >= 0.3 is 6.36 Å². The van der Waals surface area contributed by atoms with Gasteiger partial charge in [-0.3, -0.25) is 14.5 Å². The van der Waals surface area contributed by atoms with E-state index in [1.54, 1.807) is 6.07 Å². The van der Waals surface area contributed by atoms with E-state index in [4.69, 9.17) is 11.6 Å². The van der Waals surface area contributed by atoms with Gasteiger partial charge in [-0.15, -0.1) is 24.8 Å². The monoisotopic (exact) mass is 531 g/mol. The van der Waals surface area contributed by atoms with Crippen molar-refractivity contribution in [1.29, 1.82) is 5.26 Å². The van der Waals surface area contributed by atoms with E-state index in [1.807, 2.05) is 0 Å². The molecule has 8 nitrogen and oxygen atoms in total. The van der Waals surface area contributed by atoms with Gasteiger partial charge in [0.1, 0.15) is 30.1 Å². The number of nitrogens with zero attached hydrogens (tertiary/aromatic N) is 4. The minimum absolute atomic E-state index is 0.00682. The van der Waals surface area contributed by atoms with E-state index in [0.717, 1.165) is 23.1 Å². The Morgan fingerprint density at radius 2 is 1.89 bits per heavy atom. The Kier molecular flexibility index (Phi) is 8.29. The van der Waals surface area contributed by atoms with Gasteiger partial charge in [0, 0.05) is 42.9 Å². The zero-order valence-electron chi connectivity index (χ0n) is 18.4. The first kappa shape index (κ1) is 27.1. The van der Waals surface area contributed by atoms with Gasteiger partial charge in [-0.05, 0) is 25.0 Å². The number of nitrogens with one attached hydrogen (secondary N) is 1. The van der Waals surface area contributed by atoms with Crippen LogP contribution in [-0.4, -0.2) is 46.0 Å². The first-order valence-corrected chi connectivity index (χ1v) is 11.1. The van der Waals surface area contributed by atoms with E-state index < -0.39 is 66.2 Å². The maximum atomic E-state index is 13.6. The number of rotatable bonds is 7. The minimum Gasteiger partial charge on any atom is -0.406 e. The van der Waals surface area contributed by atoms with Gasteiger partial charge in [0.15, 0.2) is 0 Å². The Bertz CT molecular complexity index is 1130. The van der Waals surface area contributed by atoms with Crippen molar-refractivity contribution in [3.05, 3.63) is 48.0 Å². The van der Waals surface area contributed by atoms with Crippen molar-refractivity contribution in [1.82, 2.24) is 15.3 Å². The van der Waals surface area contributed by atoms with Crippen LogP contribution in [0, 0.1) is 11.3 Å². The van der Waals surface area contributed by atoms with Crippen LogP contribution in [0.4, 0.5) is 27.6 Å². The Morgan fingerprint density at radius 1 is 1.25 bits per heavy atom. The molecule has 1 aromatic heterocycles. The zero-order chi connectivity index (χ0) is 26.5. The summed E-state index contributed by atoms with van der Waals surface area (Å²) in [6, 6.07) is 2.20. The molecule has 2 amide bonds. The van der Waals surface area contributed by atoms with Crippen LogP contribution >= 0.6 is 11.6 Å². The van der Waals surface area contributed by atoms with Crippen LogP contribution in [-0.2, 0) is 9.59 Å². The van der Waals surface area contributed by atoms with Gasteiger partial charge in [-0.2, -0.15) is 5.26 Å². The zero-order valence-corrected chi connectivity index (χ0v) is 19.2. The molecular weight excluding hydrogens is 513 g/mol. The standard InChI is InChI=1S/C22H19ClF5N5O3/c23-8-18(34)33(17-2-1-16(7-13(17)9-29)36-22(26,27)28)19(14-10-30-12-31-11-14)20(35)32-15-3-5-21(24,25)6-4-15/h1-2,7,10-12,15,19H,3-6,8H2,(H,32,35)/t19-/m1/s1. The van der Waals surface area contributed by atoms with Gasteiger partial charge in [0.25, 0.3) is 0 Å². The van der Waals surface area contributed by atoms with Crippen LogP contribution < -0.4 is 15.0 Å². The van der Waals surface area contributed by atoms with E-state index in [0.29, 0.717) is 0 Å². The quantitative estimate of drug-likeness (QED) is 0.423. The van der Waals surface area contributed by atoms with Gasteiger partial charge in [0.05, 0.1) is 11.3 Å². The van der Waals surface area contributed by atoms with E-state index in [9.17, 15) is 36.8 Å². The molecule has 1 N–H and O–H groups in total. The molecule has 3 rings (SSSR count). The lowest BCUT2D eigenvalue weighted by Gasteiger charge is -2.34. The van der Waals surface area contributed by atoms with E-state index in [-0.39, 0.29) is 24.1 Å². The number of carbonyl (C=O) groups is 2.